The minimum Gasteiger partial charge on any atom is -0.444 e. The number of carbonyl (C=O) groups is 2. The quantitative estimate of drug-likeness (QED) is 0.616. The van der Waals surface area contributed by atoms with Crippen molar-refractivity contribution in [2.75, 3.05) is 31.9 Å². The molecular weight excluding hydrogens is 440 g/mol. The summed E-state index contributed by atoms with van der Waals surface area (Å²) in [5.74, 6) is -0.526. The van der Waals surface area contributed by atoms with Crippen molar-refractivity contribution < 1.29 is 22.7 Å². The van der Waals surface area contributed by atoms with Crippen LogP contribution in [0.4, 0.5) is 4.79 Å². The molecule has 0 N–H and O–H groups in total. The van der Waals surface area contributed by atoms with Crippen LogP contribution in [0.1, 0.15) is 45.6 Å². The Hall–Kier alpha value is -1.80. The average Bonchev–Trinajstić information content (AvgIpc) is 2.98. The lowest BCUT2D eigenvalue weighted by atomic mass is 9.72. The number of halogens is 1. The van der Waals surface area contributed by atoms with E-state index in [2.05, 4.69) is 12.1 Å². The van der Waals surface area contributed by atoms with Gasteiger partial charge in [-0.05, 0) is 39.2 Å². The molecule has 1 atom stereocenters. The Bertz CT molecular complexity index is 906. The maximum absolute atomic E-state index is 12.7. The summed E-state index contributed by atoms with van der Waals surface area (Å²) in [5.41, 5.74) is 0.273. The van der Waals surface area contributed by atoms with Crippen molar-refractivity contribution in [1.29, 1.82) is 0 Å². The van der Waals surface area contributed by atoms with Crippen LogP contribution in [-0.4, -0.2) is 67.8 Å². The molecule has 0 aromatic heterocycles. The lowest BCUT2D eigenvalue weighted by molar-refractivity contribution is -0.128. The maximum atomic E-state index is 12.7. The normalized spacial score (nSPS) is 21.9. The van der Waals surface area contributed by atoms with E-state index in [4.69, 9.17) is 15.4 Å². The minimum absolute atomic E-state index is 0.0461. The molecule has 2 aliphatic rings. The van der Waals surface area contributed by atoms with Gasteiger partial charge in [-0.15, -0.1) is 0 Å². The van der Waals surface area contributed by atoms with Crippen LogP contribution in [0, 0.1) is 5.92 Å². The Morgan fingerprint density at radius 2 is 1.81 bits per heavy atom. The van der Waals surface area contributed by atoms with E-state index in [0.717, 1.165) is 5.56 Å². The summed E-state index contributed by atoms with van der Waals surface area (Å²) in [7, 11) is 1.76. The number of hydrogen-bond acceptors (Lipinski definition) is 5. The Morgan fingerprint density at radius 1 is 1.19 bits per heavy atom. The molecule has 2 amide bonds. The molecule has 0 spiro atoms. The first kappa shape index (κ1) is 23.9. The van der Waals surface area contributed by atoms with Gasteiger partial charge in [0.2, 0.25) is 15.0 Å². The highest BCUT2D eigenvalue weighted by molar-refractivity contribution is 8.13. The fourth-order valence-electron chi connectivity index (χ4n) is 4.54. The van der Waals surface area contributed by atoms with E-state index < -0.39 is 14.7 Å². The molecule has 2 saturated heterocycles. The van der Waals surface area contributed by atoms with Gasteiger partial charge in [0.1, 0.15) is 5.60 Å². The Balaban J connectivity index is 1.75. The first-order valence-corrected chi connectivity index (χ1v) is 13.1. The van der Waals surface area contributed by atoms with Crippen LogP contribution in [0.25, 0.3) is 0 Å². The number of rotatable bonds is 5. The summed E-state index contributed by atoms with van der Waals surface area (Å²) in [6.07, 6.45) is 1.26. The van der Waals surface area contributed by atoms with Gasteiger partial charge in [0.15, 0.2) is 0 Å². The molecule has 0 bridgehead atoms. The molecule has 0 aliphatic carbocycles. The zero-order valence-corrected chi connectivity index (χ0v) is 19.9. The Kier molecular flexibility index (Phi) is 6.91. The van der Waals surface area contributed by atoms with E-state index >= 15 is 0 Å². The van der Waals surface area contributed by atoms with Gasteiger partial charge in [-0.1, -0.05) is 30.3 Å². The number of carbonyl (C=O) groups excluding carboxylic acids is 2. The van der Waals surface area contributed by atoms with Crippen molar-refractivity contribution >= 4 is 31.7 Å². The zero-order valence-electron chi connectivity index (χ0n) is 18.3. The lowest BCUT2D eigenvalue weighted by Gasteiger charge is -2.44. The van der Waals surface area contributed by atoms with E-state index in [1.165, 1.54) is 0 Å². The molecule has 3 rings (SSSR count). The number of nitrogens with zero attached hydrogens (tertiary/aromatic N) is 2. The first-order chi connectivity index (χ1) is 14.4. The third kappa shape index (κ3) is 6.35. The second kappa shape index (κ2) is 8.98. The molecule has 2 fully saturated rings. The molecular formula is C22H31ClN2O5S. The second-order valence-electron chi connectivity index (χ2n) is 9.66. The number of likely N-dealkylation sites (tertiary alicyclic amines) is 2. The zero-order chi connectivity index (χ0) is 22.9. The molecule has 7 nitrogen and oxygen atoms in total. The van der Waals surface area contributed by atoms with Crippen LogP contribution in [0.3, 0.4) is 0 Å². The molecule has 2 aliphatic heterocycles. The molecule has 31 heavy (non-hydrogen) atoms. The second-order valence-corrected chi connectivity index (χ2v) is 12.5. The van der Waals surface area contributed by atoms with Crippen molar-refractivity contribution in [1.82, 2.24) is 9.80 Å². The number of piperidine rings is 1. The van der Waals surface area contributed by atoms with Gasteiger partial charge in [-0.3, -0.25) is 4.79 Å². The summed E-state index contributed by atoms with van der Waals surface area (Å²) in [5, 5.41) is 0. The van der Waals surface area contributed by atoms with Crippen LogP contribution in [0.15, 0.2) is 30.3 Å². The monoisotopic (exact) mass is 470 g/mol. The lowest BCUT2D eigenvalue weighted by Crippen LogP contribution is -2.51. The molecule has 2 heterocycles. The molecule has 1 unspecified atom stereocenters. The van der Waals surface area contributed by atoms with Crippen molar-refractivity contribution in [3.8, 4) is 0 Å². The van der Waals surface area contributed by atoms with Crippen LogP contribution in [-0.2, 0) is 24.0 Å². The van der Waals surface area contributed by atoms with Crippen molar-refractivity contribution in [3.63, 3.8) is 0 Å². The van der Waals surface area contributed by atoms with E-state index in [1.807, 2.05) is 39.0 Å². The highest BCUT2D eigenvalue weighted by Gasteiger charge is 2.43. The molecule has 1 aromatic rings. The third-order valence-corrected chi connectivity index (χ3v) is 7.23. The van der Waals surface area contributed by atoms with Gasteiger partial charge in [0.25, 0.3) is 0 Å². The number of amides is 2. The van der Waals surface area contributed by atoms with Gasteiger partial charge >= 0.3 is 6.09 Å². The molecule has 1 aromatic carbocycles. The van der Waals surface area contributed by atoms with Crippen LogP contribution in [0.5, 0.6) is 0 Å². The predicted molar refractivity (Wildman–Crippen MR) is 119 cm³/mol. The van der Waals surface area contributed by atoms with E-state index in [0.29, 0.717) is 39.0 Å². The van der Waals surface area contributed by atoms with Gasteiger partial charge < -0.3 is 14.5 Å². The fourth-order valence-corrected chi connectivity index (χ4v) is 5.86. The summed E-state index contributed by atoms with van der Waals surface area (Å²) < 4.78 is 28.4. The van der Waals surface area contributed by atoms with Crippen molar-refractivity contribution in [2.45, 2.75) is 51.0 Å². The topological polar surface area (TPSA) is 84.0 Å². The predicted octanol–water partition coefficient (Wildman–Crippen LogP) is 3.37. The van der Waals surface area contributed by atoms with Crippen LogP contribution >= 0.6 is 10.7 Å². The largest absolute Gasteiger partial charge is 0.444 e. The molecule has 0 saturated carbocycles. The number of hydrogen-bond donors (Lipinski definition) is 0. The summed E-state index contributed by atoms with van der Waals surface area (Å²) >= 11 is 0. The molecule has 172 valence electrons. The van der Waals surface area contributed by atoms with E-state index in [9.17, 15) is 18.0 Å². The Labute approximate surface area is 189 Å². The van der Waals surface area contributed by atoms with Gasteiger partial charge in [0, 0.05) is 54.6 Å². The van der Waals surface area contributed by atoms with Crippen molar-refractivity contribution in [3.05, 3.63) is 35.9 Å². The maximum Gasteiger partial charge on any atom is 0.410 e. The number of ether oxygens (including phenoxy) is 1. The number of benzene rings is 1. The van der Waals surface area contributed by atoms with Crippen LogP contribution in [0.2, 0.25) is 0 Å². The average molecular weight is 471 g/mol. The van der Waals surface area contributed by atoms with Crippen LogP contribution < -0.4 is 0 Å². The highest BCUT2D eigenvalue weighted by atomic mass is 35.7. The SMILES string of the molecule is CC(C)(C)OC(=O)N1CCC(CN2CC(CS(=O)(=O)Cl)CC2=O)(c2ccccc2)CC1. The molecule has 0 radical (unpaired) electrons. The van der Waals surface area contributed by atoms with Gasteiger partial charge in [-0.2, -0.15) is 0 Å². The van der Waals surface area contributed by atoms with E-state index in [-0.39, 0.29) is 35.5 Å². The molecule has 9 heteroatoms. The van der Waals surface area contributed by atoms with Gasteiger partial charge in [-0.25, -0.2) is 13.2 Å². The van der Waals surface area contributed by atoms with Crippen molar-refractivity contribution in [2.24, 2.45) is 5.92 Å². The smallest absolute Gasteiger partial charge is 0.410 e. The minimum atomic E-state index is -3.65. The van der Waals surface area contributed by atoms with E-state index in [1.54, 1.807) is 9.80 Å². The summed E-state index contributed by atoms with van der Waals surface area (Å²) in [6.45, 7) is 7.49. The highest BCUT2D eigenvalue weighted by Crippen LogP contribution is 2.38. The Morgan fingerprint density at radius 3 is 2.35 bits per heavy atom. The fraction of sp³-hybridized carbons (Fsp3) is 0.636. The third-order valence-electron chi connectivity index (χ3n) is 5.98. The standard InChI is InChI=1S/C22H31ClN2O5S/c1-21(2,3)30-20(27)24-11-9-22(10-12-24,18-7-5-4-6-8-18)16-25-14-17(13-19(25)26)15-31(23,28)29/h4-8,17H,9-16H2,1-3H3. The summed E-state index contributed by atoms with van der Waals surface area (Å²) in [6, 6.07) is 10.0. The first-order valence-electron chi connectivity index (χ1n) is 10.6. The van der Waals surface area contributed by atoms with Gasteiger partial charge in [0.05, 0.1) is 5.75 Å². The summed E-state index contributed by atoms with van der Waals surface area (Å²) in [4.78, 5) is 28.6.